The molecular weight excluding hydrogens is 430 g/mol. The largest absolute Gasteiger partial charge is 0.491 e. The standard InChI is InChI=1S/C19H21N3O4S3/c1-10(2)26-15-6-5-12(18(20)23)7-13(15)8-16-22-14(9-27-16)17-11(3)21-19(28-17)29(4,24)25/h5-7,9-10H,8H2,1-4H3,(H2,20,23). The van der Waals surface area contributed by atoms with Crippen LogP contribution in [0.15, 0.2) is 27.9 Å². The molecule has 0 radical (unpaired) electrons. The molecule has 0 unspecified atom stereocenters. The molecular formula is C19H21N3O4S3. The van der Waals surface area contributed by atoms with Crippen molar-refractivity contribution < 1.29 is 17.9 Å². The maximum absolute atomic E-state index is 11.8. The van der Waals surface area contributed by atoms with Crippen LogP contribution in [0, 0.1) is 6.92 Å². The van der Waals surface area contributed by atoms with Crippen molar-refractivity contribution >= 4 is 38.4 Å². The van der Waals surface area contributed by atoms with E-state index in [1.807, 2.05) is 19.2 Å². The molecule has 0 saturated heterocycles. The highest BCUT2D eigenvalue weighted by Crippen LogP contribution is 2.34. The van der Waals surface area contributed by atoms with E-state index in [-0.39, 0.29) is 10.4 Å². The molecule has 0 saturated carbocycles. The zero-order chi connectivity index (χ0) is 21.3. The number of thiazole rings is 2. The molecule has 29 heavy (non-hydrogen) atoms. The lowest BCUT2D eigenvalue weighted by Gasteiger charge is -2.14. The normalized spacial score (nSPS) is 11.8. The van der Waals surface area contributed by atoms with Gasteiger partial charge in [0.2, 0.25) is 20.1 Å². The van der Waals surface area contributed by atoms with E-state index in [1.54, 1.807) is 25.1 Å². The molecule has 0 atom stereocenters. The summed E-state index contributed by atoms with van der Waals surface area (Å²) < 4.78 is 29.5. The fourth-order valence-electron chi connectivity index (χ4n) is 2.67. The highest BCUT2D eigenvalue weighted by atomic mass is 32.2. The number of benzene rings is 1. The van der Waals surface area contributed by atoms with Crippen molar-refractivity contribution in [1.29, 1.82) is 0 Å². The van der Waals surface area contributed by atoms with Crippen molar-refractivity contribution in [3.8, 4) is 16.3 Å². The summed E-state index contributed by atoms with van der Waals surface area (Å²) in [5.74, 6) is 0.172. The Kier molecular flexibility index (Phi) is 6.06. The van der Waals surface area contributed by atoms with Crippen LogP contribution in [0.2, 0.25) is 0 Å². The van der Waals surface area contributed by atoms with Crippen molar-refractivity contribution in [1.82, 2.24) is 9.97 Å². The monoisotopic (exact) mass is 451 g/mol. The van der Waals surface area contributed by atoms with Gasteiger partial charge in [0, 0.05) is 29.2 Å². The van der Waals surface area contributed by atoms with Gasteiger partial charge in [0.25, 0.3) is 0 Å². The first-order valence-electron chi connectivity index (χ1n) is 8.76. The molecule has 0 bridgehead atoms. The third kappa shape index (κ3) is 5.01. The average molecular weight is 452 g/mol. The van der Waals surface area contributed by atoms with E-state index in [4.69, 9.17) is 10.5 Å². The second-order valence-corrected chi connectivity index (χ2v) is 11.0. The molecule has 0 spiro atoms. The Hall–Kier alpha value is -2.30. The number of aryl methyl sites for hydroxylation is 1. The average Bonchev–Trinajstić information content (AvgIpc) is 3.21. The van der Waals surface area contributed by atoms with Gasteiger partial charge in [-0.15, -0.1) is 22.7 Å². The maximum atomic E-state index is 11.8. The smallest absolute Gasteiger partial charge is 0.248 e. The van der Waals surface area contributed by atoms with Crippen LogP contribution in [0.5, 0.6) is 5.75 Å². The van der Waals surface area contributed by atoms with Crippen molar-refractivity contribution in [2.45, 2.75) is 37.6 Å². The SMILES string of the molecule is Cc1nc(S(C)(=O)=O)sc1-c1csc(Cc2cc(C(N)=O)ccc2OC(C)C)n1. The highest BCUT2D eigenvalue weighted by Gasteiger charge is 2.19. The Morgan fingerprint density at radius 3 is 2.59 bits per heavy atom. The Bertz CT molecular complexity index is 1160. The number of nitrogens with two attached hydrogens (primary N) is 1. The lowest BCUT2D eigenvalue weighted by Crippen LogP contribution is -2.13. The molecule has 1 aromatic carbocycles. The van der Waals surface area contributed by atoms with Gasteiger partial charge in [-0.05, 0) is 39.0 Å². The van der Waals surface area contributed by atoms with Crippen LogP contribution in [0.1, 0.15) is 40.5 Å². The van der Waals surface area contributed by atoms with Gasteiger partial charge in [-0.2, -0.15) is 0 Å². The molecule has 2 aromatic heterocycles. The first-order chi connectivity index (χ1) is 13.5. The summed E-state index contributed by atoms with van der Waals surface area (Å²) in [6.45, 7) is 5.63. The molecule has 0 fully saturated rings. The Morgan fingerprint density at radius 1 is 1.28 bits per heavy atom. The second kappa shape index (κ2) is 8.21. The number of aromatic nitrogens is 2. The lowest BCUT2D eigenvalue weighted by atomic mass is 10.1. The third-order valence-corrected chi connectivity index (χ3v) is 7.64. The summed E-state index contributed by atoms with van der Waals surface area (Å²) in [5.41, 5.74) is 7.95. The minimum atomic E-state index is -3.36. The van der Waals surface area contributed by atoms with Crippen molar-refractivity contribution in [2.24, 2.45) is 5.73 Å². The number of hydrogen-bond donors (Lipinski definition) is 1. The quantitative estimate of drug-likeness (QED) is 0.589. The summed E-state index contributed by atoms with van der Waals surface area (Å²) >= 11 is 2.57. The molecule has 0 aliphatic heterocycles. The van der Waals surface area contributed by atoms with Gasteiger partial charge in [0.1, 0.15) is 5.75 Å². The Morgan fingerprint density at radius 2 is 2.00 bits per heavy atom. The van der Waals surface area contributed by atoms with E-state index in [0.29, 0.717) is 29.1 Å². The molecule has 7 nitrogen and oxygen atoms in total. The maximum Gasteiger partial charge on any atom is 0.248 e. The van der Waals surface area contributed by atoms with Crippen LogP contribution in [0.25, 0.3) is 10.6 Å². The molecule has 3 aromatic rings. The van der Waals surface area contributed by atoms with E-state index < -0.39 is 15.7 Å². The van der Waals surface area contributed by atoms with Crippen LogP contribution in [-0.2, 0) is 16.3 Å². The summed E-state index contributed by atoms with van der Waals surface area (Å²) in [4.78, 5) is 21.1. The molecule has 2 N–H and O–H groups in total. The van der Waals surface area contributed by atoms with E-state index in [2.05, 4.69) is 9.97 Å². The number of ether oxygens (including phenoxy) is 1. The van der Waals surface area contributed by atoms with Gasteiger partial charge < -0.3 is 10.5 Å². The number of amides is 1. The molecule has 0 aliphatic rings. The summed E-state index contributed by atoms with van der Waals surface area (Å²) in [5, 5.41) is 2.69. The fourth-order valence-corrected chi connectivity index (χ4v) is 5.47. The van der Waals surface area contributed by atoms with Gasteiger partial charge >= 0.3 is 0 Å². The minimum absolute atomic E-state index is 0.0192. The summed E-state index contributed by atoms with van der Waals surface area (Å²) in [7, 11) is -3.36. The summed E-state index contributed by atoms with van der Waals surface area (Å²) in [6, 6.07) is 5.11. The predicted molar refractivity (Wildman–Crippen MR) is 115 cm³/mol. The predicted octanol–water partition coefficient (Wildman–Crippen LogP) is 3.46. The molecule has 0 aliphatic carbocycles. The van der Waals surface area contributed by atoms with Gasteiger partial charge in [0.15, 0.2) is 0 Å². The lowest BCUT2D eigenvalue weighted by molar-refractivity contribution is 0.1000. The molecule has 1 amide bonds. The molecule has 154 valence electrons. The van der Waals surface area contributed by atoms with Crippen LogP contribution in [0.3, 0.4) is 0 Å². The van der Waals surface area contributed by atoms with Crippen LogP contribution in [-0.4, -0.2) is 36.7 Å². The number of primary amides is 1. The third-order valence-electron chi connectivity index (χ3n) is 3.93. The second-order valence-electron chi connectivity index (χ2n) is 6.82. The van der Waals surface area contributed by atoms with Crippen LogP contribution in [0.4, 0.5) is 0 Å². The first kappa shape index (κ1) is 21.4. The Labute approximate surface area is 177 Å². The van der Waals surface area contributed by atoms with Gasteiger partial charge in [-0.3, -0.25) is 4.79 Å². The number of hydrogen-bond acceptors (Lipinski definition) is 8. The number of nitrogens with zero attached hydrogens (tertiary/aromatic N) is 2. The Balaban J connectivity index is 1.93. The van der Waals surface area contributed by atoms with Crippen molar-refractivity contribution in [3.63, 3.8) is 0 Å². The molecule has 2 heterocycles. The zero-order valence-electron chi connectivity index (χ0n) is 16.4. The number of carbonyl (C=O) groups is 1. The van der Waals surface area contributed by atoms with Gasteiger partial charge in [-0.1, -0.05) is 0 Å². The summed E-state index contributed by atoms with van der Waals surface area (Å²) in [6.07, 6.45) is 1.59. The first-order valence-corrected chi connectivity index (χ1v) is 12.3. The van der Waals surface area contributed by atoms with Crippen molar-refractivity contribution in [2.75, 3.05) is 6.26 Å². The van der Waals surface area contributed by atoms with Crippen molar-refractivity contribution in [3.05, 3.63) is 45.4 Å². The molecule has 3 rings (SSSR count). The number of rotatable bonds is 7. The van der Waals surface area contributed by atoms with Gasteiger partial charge in [0.05, 0.1) is 27.4 Å². The van der Waals surface area contributed by atoms with E-state index in [1.165, 1.54) is 11.3 Å². The fraction of sp³-hybridized carbons (Fsp3) is 0.316. The van der Waals surface area contributed by atoms with Crippen LogP contribution < -0.4 is 10.5 Å². The van der Waals surface area contributed by atoms with Gasteiger partial charge in [-0.25, -0.2) is 18.4 Å². The van der Waals surface area contributed by atoms with Crippen LogP contribution >= 0.6 is 22.7 Å². The van der Waals surface area contributed by atoms with E-state index in [0.717, 1.165) is 33.0 Å². The highest BCUT2D eigenvalue weighted by molar-refractivity contribution is 7.92. The van der Waals surface area contributed by atoms with E-state index in [9.17, 15) is 13.2 Å². The zero-order valence-corrected chi connectivity index (χ0v) is 18.9. The molecule has 10 heteroatoms. The minimum Gasteiger partial charge on any atom is -0.491 e. The number of carbonyl (C=O) groups excluding carboxylic acids is 1. The topological polar surface area (TPSA) is 112 Å². The van der Waals surface area contributed by atoms with E-state index >= 15 is 0 Å². The number of sulfone groups is 1.